The molecule has 40 heavy (non-hydrogen) atoms. The first kappa shape index (κ1) is 31.4. The Hall–Kier alpha value is -3.08. The minimum atomic E-state index is -1.74. The van der Waals surface area contributed by atoms with Gasteiger partial charge in [0.25, 0.3) is 11.5 Å². The molecule has 15 nitrogen and oxygen atoms in total. The summed E-state index contributed by atoms with van der Waals surface area (Å²) in [5, 5.41) is 34.4. The van der Waals surface area contributed by atoms with Crippen molar-refractivity contribution in [3.05, 3.63) is 44.9 Å². The second-order valence-electron chi connectivity index (χ2n) is 9.78. The summed E-state index contributed by atoms with van der Waals surface area (Å²) in [6, 6.07) is 1.04. The first-order valence-corrected chi connectivity index (χ1v) is 13.2. The maximum absolute atomic E-state index is 12.8. The van der Waals surface area contributed by atoms with Gasteiger partial charge >= 0.3 is 5.69 Å². The first-order chi connectivity index (χ1) is 19.0. The van der Waals surface area contributed by atoms with E-state index >= 15 is 0 Å². The number of carbonyl (C=O) groups excluding carboxylic acids is 2. The number of carbonyl (C=O) groups is 2. The standard InChI is InChI=1S/C25H38N4O11/c1-4-6-7-12(5-2)11-27-22(35)14-10-13(30)16(32)24(38-14)40-20(21(26)34)19-18(37-3)17(33)23(39-19)29-9-8-15(31)28-25(29)36/h8-10,12-13,16-20,23-24,30,32-33H,4-7,11H2,1-3H3,(H2,26,34)(H,27,35)(H,28,31,36)/t12?,13-,16-,17+,18-,19-,20+,23+,24+/m0/s1. The number of nitrogens with two attached hydrogens (primary N) is 1. The van der Waals surface area contributed by atoms with E-state index in [2.05, 4.69) is 12.2 Å². The number of hydrogen-bond donors (Lipinski definition) is 6. The lowest BCUT2D eigenvalue weighted by atomic mass is 9.99. The number of aromatic amines is 1. The Kier molecular flexibility index (Phi) is 11.0. The lowest BCUT2D eigenvalue weighted by molar-refractivity contribution is -0.241. The van der Waals surface area contributed by atoms with E-state index in [-0.39, 0.29) is 11.7 Å². The third-order valence-corrected chi connectivity index (χ3v) is 7.02. The van der Waals surface area contributed by atoms with E-state index < -0.39 is 72.2 Å². The number of aliphatic hydroxyl groups is 3. The van der Waals surface area contributed by atoms with Crippen LogP contribution in [0.4, 0.5) is 0 Å². The van der Waals surface area contributed by atoms with Crippen molar-refractivity contribution in [2.75, 3.05) is 13.7 Å². The number of nitrogens with zero attached hydrogens (tertiary/aromatic N) is 1. The number of aromatic nitrogens is 2. The monoisotopic (exact) mass is 570 g/mol. The van der Waals surface area contributed by atoms with Crippen molar-refractivity contribution in [3.8, 4) is 0 Å². The van der Waals surface area contributed by atoms with Crippen molar-refractivity contribution >= 4 is 11.8 Å². The topological polar surface area (TPSA) is 225 Å². The third kappa shape index (κ3) is 7.16. The van der Waals surface area contributed by atoms with Gasteiger partial charge in [-0.15, -0.1) is 0 Å². The van der Waals surface area contributed by atoms with Crippen molar-refractivity contribution in [2.24, 2.45) is 11.7 Å². The van der Waals surface area contributed by atoms with Crippen molar-refractivity contribution in [2.45, 2.75) is 88.7 Å². The predicted molar refractivity (Wildman–Crippen MR) is 137 cm³/mol. The fourth-order valence-corrected chi connectivity index (χ4v) is 4.66. The van der Waals surface area contributed by atoms with Crippen LogP contribution < -0.4 is 22.3 Å². The number of aliphatic hydroxyl groups excluding tert-OH is 3. The third-order valence-electron chi connectivity index (χ3n) is 7.02. The molecule has 0 saturated carbocycles. The average Bonchev–Trinajstić information content (AvgIpc) is 3.24. The highest BCUT2D eigenvalue weighted by Gasteiger charge is 2.52. The summed E-state index contributed by atoms with van der Waals surface area (Å²) < 4.78 is 23.1. The SMILES string of the molecule is CCCCC(CC)CNC(=O)C1=C[C@H](O)[C@H](O)[C@@H](O[C@@H](C(N)=O)[C@H]2O[C@@H](n3ccc(=O)[nH]c3=O)[C@H](O)[C@@H]2OC)O1. The molecule has 0 aromatic carbocycles. The van der Waals surface area contributed by atoms with E-state index in [0.717, 1.165) is 48.6 Å². The average molecular weight is 571 g/mol. The zero-order chi connectivity index (χ0) is 29.6. The molecule has 0 aliphatic carbocycles. The summed E-state index contributed by atoms with van der Waals surface area (Å²) in [5.41, 5.74) is 3.99. The quantitative estimate of drug-likeness (QED) is 0.152. The molecular formula is C25H38N4O11. The Labute approximate surface area is 229 Å². The molecule has 1 fully saturated rings. The summed E-state index contributed by atoms with van der Waals surface area (Å²) in [6.07, 6.45) is -6.47. The first-order valence-electron chi connectivity index (χ1n) is 13.2. The van der Waals surface area contributed by atoms with Gasteiger partial charge in [0.15, 0.2) is 18.1 Å². The Bertz CT molecular complexity index is 1170. The predicted octanol–water partition coefficient (Wildman–Crippen LogP) is -2.02. The van der Waals surface area contributed by atoms with Crippen LogP contribution in [0.5, 0.6) is 0 Å². The molecule has 9 atom stereocenters. The second-order valence-corrected chi connectivity index (χ2v) is 9.78. The van der Waals surface area contributed by atoms with Crippen LogP contribution in [0.1, 0.15) is 45.8 Å². The van der Waals surface area contributed by atoms with Crippen molar-refractivity contribution in [1.82, 2.24) is 14.9 Å². The number of methoxy groups -OCH3 is 1. The molecule has 0 bridgehead atoms. The molecule has 224 valence electrons. The van der Waals surface area contributed by atoms with Crippen molar-refractivity contribution in [1.29, 1.82) is 0 Å². The van der Waals surface area contributed by atoms with Gasteiger partial charge in [-0.1, -0.05) is 33.1 Å². The molecule has 1 unspecified atom stereocenters. The van der Waals surface area contributed by atoms with E-state index in [0.29, 0.717) is 6.54 Å². The van der Waals surface area contributed by atoms with Gasteiger partial charge in [-0.3, -0.25) is 23.9 Å². The zero-order valence-electron chi connectivity index (χ0n) is 22.6. The highest BCUT2D eigenvalue weighted by molar-refractivity contribution is 5.91. The number of primary amides is 1. The van der Waals surface area contributed by atoms with E-state index in [1.807, 2.05) is 11.9 Å². The summed E-state index contributed by atoms with van der Waals surface area (Å²) in [4.78, 5) is 51.0. The van der Waals surface area contributed by atoms with E-state index in [1.165, 1.54) is 7.11 Å². The lowest BCUT2D eigenvalue weighted by Gasteiger charge is -2.35. The Morgan fingerprint density at radius 2 is 1.95 bits per heavy atom. The minimum absolute atomic E-state index is 0.245. The van der Waals surface area contributed by atoms with E-state index in [9.17, 15) is 34.5 Å². The molecule has 1 saturated heterocycles. The van der Waals surface area contributed by atoms with E-state index in [4.69, 9.17) is 24.7 Å². The second kappa shape index (κ2) is 14.0. The number of rotatable bonds is 13. The number of ether oxygens (including phenoxy) is 4. The van der Waals surface area contributed by atoms with Crippen LogP contribution in [0.15, 0.2) is 33.7 Å². The van der Waals surface area contributed by atoms with Gasteiger partial charge < -0.3 is 45.3 Å². The lowest BCUT2D eigenvalue weighted by Crippen LogP contribution is -2.54. The zero-order valence-corrected chi connectivity index (χ0v) is 22.6. The van der Waals surface area contributed by atoms with Gasteiger partial charge in [0.1, 0.15) is 30.5 Å². The summed E-state index contributed by atoms with van der Waals surface area (Å²) in [6.45, 7) is 4.47. The Morgan fingerprint density at radius 1 is 1.23 bits per heavy atom. The molecule has 1 aromatic rings. The van der Waals surface area contributed by atoms with Gasteiger partial charge in [0.05, 0.1) is 0 Å². The molecule has 3 heterocycles. The maximum atomic E-state index is 12.8. The number of nitrogens with one attached hydrogen (secondary N) is 2. The van der Waals surface area contributed by atoms with Gasteiger partial charge in [-0.25, -0.2) is 4.79 Å². The smallest absolute Gasteiger partial charge is 0.330 e. The van der Waals surface area contributed by atoms with Crippen LogP contribution in [-0.4, -0.2) is 93.3 Å². The maximum Gasteiger partial charge on any atom is 0.330 e. The molecule has 2 aliphatic heterocycles. The summed E-state index contributed by atoms with van der Waals surface area (Å²) in [5.74, 6) is -1.84. The van der Waals surface area contributed by atoms with Gasteiger partial charge in [-0.2, -0.15) is 0 Å². The van der Waals surface area contributed by atoms with Crippen LogP contribution in [0.25, 0.3) is 0 Å². The van der Waals surface area contributed by atoms with Crippen molar-refractivity contribution in [3.63, 3.8) is 0 Å². The number of amides is 2. The summed E-state index contributed by atoms with van der Waals surface area (Å²) in [7, 11) is 1.21. The van der Waals surface area contributed by atoms with Gasteiger partial charge in [0, 0.05) is 25.9 Å². The largest absolute Gasteiger partial charge is 0.456 e. The van der Waals surface area contributed by atoms with Crippen LogP contribution in [-0.2, 0) is 28.5 Å². The van der Waals surface area contributed by atoms with Crippen molar-refractivity contribution < 1.29 is 43.9 Å². The van der Waals surface area contributed by atoms with Crippen LogP contribution in [0.3, 0.4) is 0 Å². The number of hydrogen-bond acceptors (Lipinski definition) is 11. The Morgan fingerprint density at radius 3 is 2.55 bits per heavy atom. The molecule has 1 aromatic heterocycles. The number of H-pyrrole nitrogens is 1. The fourth-order valence-electron chi connectivity index (χ4n) is 4.66. The van der Waals surface area contributed by atoms with Gasteiger partial charge in [0.2, 0.25) is 12.2 Å². The normalized spacial score (nSPS) is 29.8. The molecule has 7 N–H and O–H groups in total. The number of unbranched alkanes of at least 4 members (excludes halogenated alkanes) is 1. The summed E-state index contributed by atoms with van der Waals surface area (Å²) >= 11 is 0. The Balaban J connectivity index is 1.77. The molecule has 2 aliphatic rings. The molecule has 0 radical (unpaired) electrons. The molecule has 0 spiro atoms. The molecule has 3 rings (SSSR count). The van der Waals surface area contributed by atoms with Gasteiger partial charge in [-0.05, 0) is 18.4 Å². The van der Waals surface area contributed by atoms with E-state index in [1.54, 1.807) is 0 Å². The van der Waals surface area contributed by atoms with Crippen LogP contribution in [0.2, 0.25) is 0 Å². The molecule has 15 heteroatoms. The van der Waals surface area contributed by atoms with Crippen LogP contribution >= 0.6 is 0 Å². The minimum Gasteiger partial charge on any atom is -0.456 e. The highest BCUT2D eigenvalue weighted by Crippen LogP contribution is 2.34. The highest BCUT2D eigenvalue weighted by atomic mass is 16.7. The molecule has 2 amide bonds. The van der Waals surface area contributed by atoms with Crippen LogP contribution in [0, 0.1) is 5.92 Å². The molecular weight excluding hydrogens is 532 g/mol. The fraction of sp³-hybridized carbons (Fsp3) is 0.680.